The molecule has 0 aromatic heterocycles. The zero-order valence-electron chi connectivity index (χ0n) is 9.82. The number of rotatable bonds is 3. The van der Waals surface area contributed by atoms with Crippen LogP contribution in [0.1, 0.15) is 13.8 Å². The van der Waals surface area contributed by atoms with Crippen LogP contribution in [0.3, 0.4) is 0 Å². The largest absolute Gasteiger partial charge is 0.339 e. The number of hydrogen-bond donors (Lipinski definition) is 0. The molecule has 1 amide bonds. The third-order valence-corrected chi connectivity index (χ3v) is 3.17. The van der Waals surface area contributed by atoms with E-state index < -0.39 is 0 Å². The molecule has 0 unspecified atom stereocenters. The number of alkyl halides is 1. The molecular weight excluding hydrogens is 226 g/mol. The van der Waals surface area contributed by atoms with E-state index in [2.05, 4.69) is 11.0 Å². The van der Waals surface area contributed by atoms with Gasteiger partial charge < -0.3 is 4.90 Å². The van der Waals surface area contributed by atoms with Gasteiger partial charge in [0.15, 0.2) is 0 Å². The monoisotopic (exact) mass is 243 g/mol. The van der Waals surface area contributed by atoms with Gasteiger partial charge in [0, 0.05) is 26.2 Å². The average molecular weight is 244 g/mol. The van der Waals surface area contributed by atoms with Crippen LogP contribution in [0.4, 0.5) is 0 Å². The molecular formula is C11H18ClN3O. The molecule has 0 spiro atoms. The maximum atomic E-state index is 11.4. The predicted octanol–water partition coefficient (Wildman–Crippen LogP) is 0.918. The standard InChI is InChI=1S/C11H18ClN3O/c1-9(2)10(8-13)14-3-5-15(6-4-14)11(16)7-12/h9-10H,3-7H2,1-2H3/t10-/m0/s1. The van der Waals surface area contributed by atoms with Gasteiger partial charge in [-0.25, -0.2) is 0 Å². The van der Waals surface area contributed by atoms with E-state index >= 15 is 0 Å². The van der Waals surface area contributed by atoms with Crippen molar-refractivity contribution in [2.45, 2.75) is 19.9 Å². The van der Waals surface area contributed by atoms with Gasteiger partial charge in [-0.1, -0.05) is 13.8 Å². The summed E-state index contributed by atoms with van der Waals surface area (Å²) in [5, 5.41) is 9.08. The van der Waals surface area contributed by atoms with Crippen LogP contribution in [-0.4, -0.2) is 53.8 Å². The molecule has 0 bridgehead atoms. The van der Waals surface area contributed by atoms with Gasteiger partial charge in [0.05, 0.1) is 6.07 Å². The van der Waals surface area contributed by atoms with Gasteiger partial charge in [-0.05, 0) is 5.92 Å². The molecule has 1 heterocycles. The zero-order valence-corrected chi connectivity index (χ0v) is 10.6. The molecule has 0 radical (unpaired) electrons. The Labute approximate surface area is 102 Å². The third kappa shape index (κ3) is 3.10. The van der Waals surface area contributed by atoms with Crippen molar-refractivity contribution in [3.05, 3.63) is 0 Å². The molecule has 1 atom stereocenters. The summed E-state index contributed by atoms with van der Waals surface area (Å²) < 4.78 is 0. The van der Waals surface area contributed by atoms with E-state index in [9.17, 15) is 4.79 Å². The minimum Gasteiger partial charge on any atom is -0.339 e. The highest BCUT2D eigenvalue weighted by molar-refractivity contribution is 6.27. The number of amides is 1. The normalized spacial score (nSPS) is 19.6. The fourth-order valence-electron chi connectivity index (χ4n) is 1.99. The van der Waals surface area contributed by atoms with Crippen LogP contribution in [0.5, 0.6) is 0 Å². The van der Waals surface area contributed by atoms with E-state index in [0.717, 1.165) is 13.1 Å². The van der Waals surface area contributed by atoms with Crippen molar-refractivity contribution in [3.8, 4) is 6.07 Å². The Balaban J connectivity index is 2.49. The minimum absolute atomic E-state index is 0.0145. The molecule has 16 heavy (non-hydrogen) atoms. The molecule has 5 heteroatoms. The van der Waals surface area contributed by atoms with E-state index in [1.807, 2.05) is 13.8 Å². The molecule has 0 aliphatic carbocycles. The number of carbonyl (C=O) groups is 1. The van der Waals surface area contributed by atoms with Crippen LogP contribution >= 0.6 is 11.6 Å². The number of hydrogen-bond acceptors (Lipinski definition) is 3. The summed E-state index contributed by atoms with van der Waals surface area (Å²) in [6, 6.07) is 2.28. The third-order valence-electron chi connectivity index (χ3n) is 2.94. The molecule has 1 saturated heterocycles. The number of nitriles is 1. The molecule has 0 N–H and O–H groups in total. The first kappa shape index (κ1) is 13.3. The maximum absolute atomic E-state index is 11.4. The van der Waals surface area contributed by atoms with E-state index in [1.54, 1.807) is 4.90 Å². The highest BCUT2D eigenvalue weighted by atomic mass is 35.5. The molecule has 1 rings (SSSR count). The van der Waals surface area contributed by atoms with Crippen molar-refractivity contribution < 1.29 is 4.79 Å². The van der Waals surface area contributed by atoms with Crippen molar-refractivity contribution >= 4 is 17.5 Å². The van der Waals surface area contributed by atoms with Crippen LogP contribution in [0, 0.1) is 17.2 Å². The van der Waals surface area contributed by atoms with E-state index in [0.29, 0.717) is 19.0 Å². The number of carbonyl (C=O) groups excluding carboxylic acids is 1. The molecule has 1 aliphatic heterocycles. The molecule has 90 valence electrons. The summed E-state index contributed by atoms with van der Waals surface area (Å²) in [5.74, 6) is 0.353. The summed E-state index contributed by atoms with van der Waals surface area (Å²) in [5.41, 5.74) is 0. The summed E-state index contributed by atoms with van der Waals surface area (Å²) in [4.78, 5) is 15.3. The first-order valence-corrected chi connectivity index (χ1v) is 6.11. The number of piperazine rings is 1. The topological polar surface area (TPSA) is 47.3 Å². The summed E-state index contributed by atoms with van der Waals surface area (Å²) in [6.07, 6.45) is 0. The summed E-state index contributed by atoms with van der Waals surface area (Å²) in [6.45, 7) is 6.97. The fourth-order valence-corrected chi connectivity index (χ4v) is 2.16. The van der Waals surface area contributed by atoms with Gasteiger partial charge in [-0.2, -0.15) is 5.26 Å². The number of nitrogens with zero attached hydrogens (tertiary/aromatic N) is 3. The lowest BCUT2D eigenvalue weighted by atomic mass is 10.0. The van der Waals surface area contributed by atoms with Crippen molar-refractivity contribution in [1.29, 1.82) is 5.26 Å². The lowest BCUT2D eigenvalue weighted by Crippen LogP contribution is -2.53. The lowest BCUT2D eigenvalue weighted by molar-refractivity contribution is -0.130. The number of halogens is 1. The molecule has 4 nitrogen and oxygen atoms in total. The maximum Gasteiger partial charge on any atom is 0.237 e. The van der Waals surface area contributed by atoms with Gasteiger partial charge in [-0.15, -0.1) is 11.6 Å². The second-order valence-electron chi connectivity index (χ2n) is 4.37. The van der Waals surface area contributed by atoms with E-state index in [-0.39, 0.29) is 17.8 Å². The SMILES string of the molecule is CC(C)[C@H](C#N)N1CCN(C(=O)CCl)CC1. The van der Waals surface area contributed by atoms with Crippen molar-refractivity contribution in [2.75, 3.05) is 32.1 Å². The molecule has 1 aliphatic rings. The average Bonchev–Trinajstić information content (AvgIpc) is 2.29. The Morgan fingerprint density at radius 2 is 1.94 bits per heavy atom. The first-order chi connectivity index (χ1) is 7.60. The minimum atomic E-state index is -0.0479. The van der Waals surface area contributed by atoms with E-state index in [1.165, 1.54) is 0 Å². The zero-order chi connectivity index (χ0) is 12.1. The van der Waals surface area contributed by atoms with Gasteiger partial charge in [0.2, 0.25) is 5.91 Å². The Morgan fingerprint density at radius 1 is 1.38 bits per heavy atom. The highest BCUT2D eigenvalue weighted by Gasteiger charge is 2.27. The van der Waals surface area contributed by atoms with Gasteiger partial charge in [-0.3, -0.25) is 9.69 Å². The quantitative estimate of drug-likeness (QED) is 0.693. The molecule has 0 aromatic rings. The molecule has 1 fully saturated rings. The Kier molecular flexibility index (Phi) is 5.04. The second kappa shape index (κ2) is 6.07. The van der Waals surface area contributed by atoms with Gasteiger partial charge >= 0.3 is 0 Å². The summed E-state index contributed by atoms with van der Waals surface area (Å²) in [7, 11) is 0. The molecule has 0 aromatic carbocycles. The highest BCUT2D eigenvalue weighted by Crippen LogP contribution is 2.13. The van der Waals surface area contributed by atoms with Gasteiger partial charge in [0.1, 0.15) is 11.9 Å². The van der Waals surface area contributed by atoms with Crippen molar-refractivity contribution in [3.63, 3.8) is 0 Å². The van der Waals surface area contributed by atoms with Crippen LogP contribution in [0.2, 0.25) is 0 Å². The fraction of sp³-hybridized carbons (Fsp3) is 0.818. The Morgan fingerprint density at radius 3 is 2.31 bits per heavy atom. The van der Waals surface area contributed by atoms with Gasteiger partial charge in [0.25, 0.3) is 0 Å². The summed E-state index contributed by atoms with van der Waals surface area (Å²) >= 11 is 5.50. The van der Waals surface area contributed by atoms with Crippen LogP contribution in [0.25, 0.3) is 0 Å². The van der Waals surface area contributed by atoms with Crippen LogP contribution in [-0.2, 0) is 4.79 Å². The lowest BCUT2D eigenvalue weighted by Gasteiger charge is -2.37. The second-order valence-corrected chi connectivity index (χ2v) is 4.64. The first-order valence-electron chi connectivity index (χ1n) is 5.57. The molecule has 0 saturated carbocycles. The van der Waals surface area contributed by atoms with Crippen LogP contribution in [0.15, 0.2) is 0 Å². The van der Waals surface area contributed by atoms with Crippen molar-refractivity contribution in [1.82, 2.24) is 9.80 Å². The smallest absolute Gasteiger partial charge is 0.237 e. The Hall–Kier alpha value is -0.790. The predicted molar refractivity (Wildman–Crippen MR) is 63.1 cm³/mol. The van der Waals surface area contributed by atoms with E-state index in [4.69, 9.17) is 16.9 Å². The van der Waals surface area contributed by atoms with Crippen LogP contribution < -0.4 is 0 Å². The van der Waals surface area contributed by atoms with Crippen molar-refractivity contribution in [2.24, 2.45) is 5.92 Å². The Bertz CT molecular complexity index is 279.